The summed E-state index contributed by atoms with van der Waals surface area (Å²) in [6.45, 7) is 0.327. The van der Waals surface area contributed by atoms with Gasteiger partial charge in [0.25, 0.3) is 5.91 Å². The normalized spacial score (nSPS) is 11.7. The minimum absolute atomic E-state index is 0.259. The Bertz CT molecular complexity index is 1100. The fourth-order valence-corrected chi connectivity index (χ4v) is 2.66. The van der Waals surface area contributed by atoms with Crippen LogP contribution in [0.5, 0.6) is 11.5 Å². The number of ether oxygens (including phenoxy) is 2. The first-order chi connectivity index (χ1) is 15.0. The van der Waals surface area contributed by atoms with Gasteiger partial charge in [0.05, 0.1) is 8.48 Å². The molecule has 0 heterocycles. The molecular formula is C24H21NO5. The number of carbonyl (C=O) groups excluding carboxylic acids is 1. The third-order valence-corrected chi connectivity index (χ3v) is 4.16. The molecule has 0 aliphatic rings. The van der Waals surface area contributed by atoms with Crippen LogP contribution in [-0.2, 0) is 11.4 Å². The zero-order valence-corrected chi connectivity index (χ0v) is 16.3. The first kappa shape index (κ1) is 19.3. The van der Waals surface area contributed by atoms with Gasteiger partial charge in [-0.05, 0) is 41.4 Å². The molecule has 6 nitrogen and oxygen atoms in total. The third kappa shape index (κ3) is 5.48. The monoisotopic (exact) mass is 405 g/mol. The number of carboxylic acid groups (broad SMARTS) is 1. The van der Waals surface area contributed by atoms with Crippen molar-refractivity contribution in [1.29, 1.82) is 0 Å². The van der Waals surface area contributed by atoms with E-state index in [1.54, 1.807) is 42.5 Å². The van der Waals surface area contributed by atoms with Crippen LogP contribution >= 0.6 is 0 Å². The van der Waals surface area contributed by atoms with Gasteiger partial charge in [-0.2, -0.15) is 0 Å². The van der Waals surface area contributed by atoms with Gasteiger partial charge in [-0.3, -0.25) is 4.79 Å². The van der Waals surface area contributed by atoms with Crippen LogP contribution in [0.15, 0.2) is 84.6 Å². The SMILES string of the molecule is [3H]/C(=C(/NC(=O)c1ccccc1)C(=O)O)c1ccc(OCc2ccccc2)c(OC)c1. The van der Waals surface area contributed by atoms with Crippen molar-refractivity contribution >= 4 is 17.9 Å². The second-order valence-electron chi connectivity index (χ2n) is 6.27. The van der Waals surface area contributed by atoms with Gasteiger partial charge in [0, 0.05) is 5.56 Å². The second kappa shape index (κ2) is 9.93. The van der Waals surface area contributed by atoms with Gasteiger partial charge in [0.15, 0.2) is 11.5 Å². The third-order valence-electron chi connectivity index (χ3n) is 4.16. The predicted octanol–water partition coefficient (Wildman–Crippen LogP) is 4.13. The highest BCUT2D eigenvalue weighted by Gasteiger charge is 2.14. The molecule has 30 heavy (non-hydrogen) atoms. The van der Waals surface area contributed by atoms with E-state index in [2.05, 4.69) is 5.32 Å². The number of aliphatic carboxylic acids is 1. The highest BCUT2D eigenvalue weighted by atomic mass is 16.5. The molecule has 0 radical (unpaired) electrons. The van der Waals surface area contributed by atoms with E-state index < -0.39 is 17.6 Å². The maximum Gasteiger partial charge on any atom is 0.352 e. The lowest BCUT2D eigenvalue weighted by Gasteiger charge is -2.12. The van der Waals surface area contributed by atoms with Gasteiger partial charge in [0.2, 0.25) is 0 Å². The zero-order chi connectivity index (χ0) is 22.2. The summed E-state index contributed by atoms with van der Waals surface area (Å²) in [5.41, 5.74) is 0.992. The van der Waals surface area contributed by atoms with Crippen LogP contribution in [0.2, 0.25) is 0 Å². The number of methoxy groups -OCH3 is 1. The molecule has 3 aromatic rings. The van der Waals surface area contributed by atoms with E-state index in [9.17, 15) is 14.7 Å². The molecule has 0 unspecified atom stereocenters. The van der Waals surface area contributed by atoms with Crippen molar-refractivity contribution in [3.8, 4) is 11.5 Å². The molecule has 3 rings (SSSR count). The summed E-state index contributed by atoms with van der Waals surface area (Å²) in [7, 11) is 1.46. The van der Waals surface area contributed by atoms with Crippen molar-refractivity contribution in [3.63, 3.8) is 0 Å². The smallest absolute Gasteiger partial charge is 0.352 e. The van der Waals surface area contributed by atoms with Crippen LogP contribution < -0.4 is 14.8 Å². The molecule has 1 amide bonds. The number of carboxylic acids is 1. The average molecular weight is 405 g/mol. The average Bonchev–Trinajstić information content (AvgIpc) is 2.81. The van der Waals surface area contributed by atoms with E-state index in [1.165, 1.54) is 13.2 Å². The number of rotatable bonds is 8. The molecule has 2 N–H and O–H groups in total. The Morgan fingerprint density at radius 1 is 1.00 bits per heavy atom. The van der Waals surface area contributed by atoms with Crippen LogP contribution in [0.4, 0.5) is 0 Å². The van der Waals surface area contributed by atoms with Crippen LogP contribution in [0.25, 0.3) is 6.05 Å². The Labute approximate surface area is 175 Å². The van der Waals surface area contributed by atoms with Gasteiger partial charge in [-0.1, -0.05) is 54.6 Å². The van der Waals surface area contributed by atoms with E-state index >= 15 is 0 Å². The van der Waals surface area contributed by atoms with E-state index in [0.717, 1.165) is 5.56 Å². The summed E-state index contributed by atoms with van der Waals surface area (Å²) < 4.78 is 19.5. The lowest BCUT2D eigenvalue weighted by molar-refractivity contribution is -0.132. The zero-order valence-electron chi connectivity index (χ0n) is 17.3. The molecule has 0 atom stereocenters. The van der Waals surface area contributed by atoms with Crippen molar-refractivity contribution < 1.29 is 25.5 Å². The number of carbonyl (C=O) groups is 2. The minimum Gasteiger partial charge on any atom is -0.493 e. The summed E-state index contributed by atoms with van der Waals surface area (Å²) in [5, 5.41) is 11.9. The summed E-state index contributed by atoms with van der Waals surface area (Å²) in [6, 6.07) is 22.1. The fraction of sp³-hybridized carbons (Fsp3) is 0.0833. The van der Waals surface area contributed by atoms with E-state index in [0.29, 0.717) is 18.1 Å². The summed E-state index contributed by atoms with van der Waals surface area (Å²) >= 11 is 0. The standard InChI is InChI=1S/C24H21NO5/c1-29-22-15-18(12-13-21(22)30-16-17-8-4-2-5-9-17)14-20(24(27)28)25-23(26)19-10-6-3-7-11-19/h2-15H,16H2,1H3,(H,25,26)(H,27,28)/b20-14-/i14T. The number of amides is 1. The topological polar surface area (TPSA) is 84.9 Å². The highest BCUT2D eigenvalue weighted by Crippen LogP contribution is 2.29. The minimum atomic E-state index is -1.42. The number of hydrogen-bond donors (Lipinski definition) is 2. The van der Waals surface area contributed by atoms with Crippen molar-refractivity contribution in [2.75, 3.05) is 7.11 Å². The Morgan fingerprint density at radius 3 is 2.30 bits per heavy atom. The van der Waals surface area contributed by atoms with E-state index in [-0.39, 0.29) is 17.2 Å². The van der Waals surface area contributed by atoms with Crippen molar-refractivity contribution in [2.45, 2.75) is 6.61 Å². The van der Waals surface area contributed by atoms with Crippen LogP contribution in [0, 0.1) is 0 Å². The van der Waals surface area contributed by atoms with E-state index in [4.69, 9.17) is 10.8 Å². The number of hydrogen-bond acceptors (Lipinski definition) is 4. The molecule has 0 saturated heterocycles. The fourth-order valence-electron chi connectivity index (χ4n) is 2.66. The van der Waals surface area contributed by atoms with Crippen molar-refractivity contribution in [1.82, 2.24) is 5.32 Å². The molecule has 0 fully saturated rings. The molecular weight excluding hydrogens is 382 g/mol. The van der Waals surface area contributed by atoms with E-state index in [1.807, 2.05) is 30.3 Å². The first-order valence-corrected chi connectivity index (χ1v) is 9.15. The van der Waals surface area contributed by atoms with Crippen LogP contribution in [0.1, 0.15) is 22.9 Å². The predicted molar refractivity (Wildman–Crippen MR) is 113 cm³/mol. The van der Waals surface area contributed by atoms with Gasteiger partial charge < -0.3 is 19.9 Å². The largest absolute Gasteiger partial charge is 0.493 e. The van der Waals surface area contributed by atoms with Gasteiger partial charge in [0.1, 0.15) is 12.3 Å². The molecule has 0 bridgehead atoms. The summed E-state index contributed by atoms with van der Waals surface area (Å²) in [6.07, 6.45) is 0. The van der Waals surface area contributed by atoms with Crippen LogP contribution in [0.3, 0.4) is 0 Å². The highest BCUT2D eigenvalue weighted by molar-refractivity contribution is 6.02. The Kier molecular flexibility index (Phi) is 6.38. The summed E-state index contributed by atoms with van der Waals surface area (Å²) in [5.74, 6) is -1.24. The van der Waals surface area contributed by atoms with Gasteiger partial charge in [-0.25, -0.2) is 4.79 Å². The van der Waals surface area contributed by atoms with Gasteiger partial charge >= 0.3 is 5.97 Å². The maximum atomic E-state index is 12.4. The summed E-state index contributed by atoms with van der Waals surface area (Å²) in [4.78, 5) is 24.1. The lowest BCUT2D eigenvalue weighted by Crippen LogP contribution is -2.27. The van der Waals surface area contributed by atoms with Crippen LogP contribution in [-0.4, -0.2) is 24.1 Å². The quantitative estimate of drug-likeness (QED) is 0.551. The first-order valence-electron chi connectivity index (χ1n) is 9.65. The molecule has 0 aliphatic heterocycles. The molecule has 0 aromatic heterocycles. The van der Waals surface area contributed by atoms with Crippen molar-refractivity contribution in [2.24, 2.45) is 0 Å². The molecule has 6 heteroatoms. The van der Waals surface area contributed by atoms with Gasteiger partial charge in [-0.15, -0.1) is 0 Å². The number of benzene rings is 3. The number of nitrogens with one attached hydrogen (secondary N) is 1. The second-order valence-corrected chi connectivity index (χ2v) is 6.27. The molecule has 0 saturated carbocycles. The molecule has 0 spiro atoms. The molecule has 0 aliphatic carbocycles. The van der Waals surface area contributed by atoms with Crippen molar-refractivity contribution in [3.05, 3.63) is 101 Å². The Morgan fingerprint density at radius 2 is 1.67 bits per heavy atom. The molecule has 3 aromatic carbocycles. The molecule has 152 valence electrons. The Balaban J connectivity index is 1.85. The maximum absolute atomic E-state index is 12.4. The lowest BCUT2D eigenvalue weighted by atomic mass is 10.1. The Hall–Kier alpha value is -4.06.